The summed E-state index contributed by atoms with van der Waals surface area (Å²) in [7, 11) is 0. The third kappa shape index (κ3) is 5.59. The van der Waals surface area contributed by atoms with Crippen LogP contribution in [-0.2, 0) is 9.59 Å². The highest BCUT2D eigenvalue weighted by Crippen LogP contribution is 2.21. The highest BCUT2D eigenvalue weighted by atomic mass is 16.2. The normalized spacial score (nSPS) is 18.5. The minimum absolute atomic E-state index is 0.0112. The molecule has 1 fully saturated rings. The van der Waals surface area contributed by atoms with Crippen molar-refractivity contribution in [2.75, 3.05) is 26.2 Å². The predicted octanol–water partition coefficient (Wildman–Crippen LogP) is 2.01. The maximum Gasteiger partial charge on any atom is 0.242 e. The van der Waals surface area contributed by atoms with Gasteiger partial charge in [-0.1, -0.05) is 13.8 Å². The highest BCUT2D eigenvalue weighted by molar-refractivity contribution is 5.91. The molecular weight excluding hydrogens is 278 g/mol. The zero-order chi connectivity index (χ0) is 16.5. The van der Waals surface area contributed by atoms with Gasteiger partial charge in [0.1, 0.15) is 6.04 Å². The van der Waals surface area contributed by atoms with E-state index in [9.17, 15) is 9.59 Å². The van der Waals surface area contributed by atoms with Crippen molar-refractivity contribution in [1.82, 2.24) is 15.1 Å². The maximum absolute atomic E-state index is 12.3. The third-order valence-electron chi connectivity index (χ3n) is 4.14. The molecule has 22 heavy (non-hydrogen) atoms. The summed E-state index contributed by atoms with van der Waals surface area (Å²) in [5.41, 5.74) is 0. The molecule has 128 valence electrons. The lowest BCUT2D eigenvalue weighted by molar-refractivity contribution is -0.136. The molecule has 1 rings (SSSR count). The van der Waals surface area contributed by atoms with Crippen molar-refractivity contribution < 1.29 is 9.59 Å². The van der Waals surface area contributed by atoms with Crippen LogP contribution in [0.25, 0.3) is 0 Å². The molecule has 5 heteroatoms. The van der Waals surface area contributed by atoms with Crippen LogP contribution in [0, 0.1) is 0 Å². The van der Waals surface area contributed by atoms with E-state index < -0.39 is 0 Å². The predicted molar refractivity (Wildman–Crippen MR) is 89.7 cm³/mol. The van der Waals surface area contributed by atoms with Gasteiger partial charge in [0.05, 0.1) is 0 Å². The smallest absolute Gasteiger partial charge is 0.242 e. The van der Waals surface area contributed by atoms with Gasteiger partial charge in [-0.2, -0.15) is 0 Å². The van der Waals surface area contributed by atoms with E-state index in [2.05, 4.69) is 24.1 Å². The van der Waals surface area contributed by atoms with Gasteiger partial charge >= 0.3 is 0 Å². The van der Waals surface area contributed by atoms with Crippen LogP contribution >= 0.6 is 0 Å². The molecule has 1 aliphatic rings. The second-order valence-corrected chi connectivity index (χ2v) is 6.44. The summed E-state index contributed by atoms with van der Waals surface area (Å²) >= 11 is 0. The Labute approximate surface area is 135 Å². The molecule has 0 radical (unpaired) electrons. The fourth-order valence-corrected chi connectivity index (χ4v) is 3.21. The van der Waals surface area contributed by atoms with Gasteiger partial charge in [-0.15, -0.1) is 0 Å². The molecule has 2 amide bonds. The Morgan fingerprint density at radius 1 is 1.27 bits per heavy atom. The Kier molecular flexibility index (Phi) is 8.46. The van der Waals surface area contributed by atoms with Crippen molar-refractivity contribution in [1.29, 1.82) is 0 Å². The molecule has 0 aliphatic carbocycles. The largest absolute Gasteiger partial charge is 0.354 e. The maximum atomic E-state index is 12.3. The fraction of sp³-hybridized carbons (Fsp3) is 0.882. The van der Waals surface area contributed by atoms with Gasteiger partial charge in [-0.25, -0.2) is 0 Å². The summed E-state index contributed by atoms with van der Waals surface area (Å²) in [5, 5.41) is 3.01. The molecule has 1 heterocycles. The first-order valence-corrected chi connectivity index (χ1v) is 8.82. The molecule has 0 bridgehead atoms. The Morgan fingerprint density at radius 2 is 1.91 bits per heavy atom. The average Bonchev–Trinajstić information content (AvgIpc) is 2.85. The van der Waals surface area contributed by atoms with Gasteiger partial charge in [-0.3, -0.25) is 9.59 Å². The van der Waals surface area contributed by atoms with Gasteiger partial charge < -0.3 is 15.1 Å². The third-order valence-corrected chi connectivity index (χ3v) is 4.14. The summed E-state index contributed by atoms with van der Waals surface area (Å²) in [5.74, 6) is 0.115. The Balaban J connectivity index is 2.32. The number of rotatable bonds is 10. The number of likely N-dealkylation sites (tertiary alicyclic amines) is 1. The van der Waals surface area contributed by atoms with Crippen LogP contribution in [0.2, 0.25) is 0 Å². The number of carbonyl (C=O) groups is 2. The second kappa shape index (κ2) is 9.82. The van der Waals surface area contributed by atoms with Crippen molar-refractivity contribution in [2.24, 2.45) is 0 Å². The fourth-order valence-electron chi connectivity index (χ4n) is 3.21. The number of nitrogens with one attached hydrogen (secondary N) is 1. The minimum Gasteiger partial charge on any atom is -0.354 e. The number of amides is 2. The van der Waals surface area contributed by atoms with Gasteiger partial charge in [0.15, 0.2) is 0 Å². The van der Waals surface area contributed by atoms with Crippen LogP contribution < -0.4 is 5.32 Å². The van der Waals surface area contributed by atoms with Crippen molar-refractivity contribution in [3.05, 3.63) is 0 Å². The van der Waals surface area contributed by atoms with Crippen LogP contribution in [0.5, 0.6) is 0 Å². The standard InChI is InChI=1S/C17H33N3O2/c1-5-11-19(12-6-2)13-7-10-18-17(22)15-8-9-16(21)20(15)14(3)4/h14-15H,5-13H2,1-4H3,(H,18,22)/t15-/m1/s1. The number of carbonyl (C=O) groups excluding carboxylic acids is 2. The number of hydrogen-bond donors (Lipinski definition) is 1. The first-order chi connectivity index (χ1) is 10.5. The minimum atomic E-state index is -0.269. The van der Waals surface area contributed by atoms with E-state index in [0.717, 1.165) is 26.1 Å². The highest BCUT2D eigenvalue weighted by Gasteiger charge is 2.37. The summed E-state index contributed by atoms with van der Waals surface area (Å²) < 4.78 is 0. The zero-order valence-electron chi connectivity index (χ0n) is 14.7. The van der Waals surface area contributed by atoms with E-state index in [1.165, 1.54) is 12.8 Å². The van der Waals surface area contributed by atoms with Crippen LogP contribution in [0.15, 0.2) is 0 Å². The van der Waals surface area contributed by atoms with Gasteiger partial charge in [-0.05, 0) is 59.2 Å². The molecule has 1 atom stereocenters. The summed E-state index contributed by atoms with van der Waals surface area (Å²) in [6.45, 7) is 12.3. The molecule has 5 nitrogen and oxygen atoms in total. The molecule has 1 aliphatic heterocycles. The van der Waals surface area contributed by atoms with E-state index in [-0.39, 0.29) is 23.9 Å². The van der Waals surface area contributed by atoms with E-state index >= 15 is 0 Å². The van der Waals surface area contributed by atoms with Crippen molar-refractivity contribution in [3.8, 4) is 0 Å². The van der Waals surface area contributed by atoms with Crippen molar-refractivity contribution >= 4 is 11.8 Å². The van der Waals surface area contributed by atoms with Gasteiger partial charge in [0.25, 0.3) is 0 Å². The molecule has 0 saturated carbocycles. The number of hydrogen-bond acceptors (Lipinski definition) is 3. The van der Waals surface area contributed by atoms with E-state index in [1.807, 2.05) is 13.8 Å². The van der Waals surface area contributed by atoms with Crippen molar-refractivity contribution in [3.63, 3.8) is 0 Å². The zero-order valence-corrected chi connectivity index (χ0v) is 14.7. The van der Waals surface area contributed by atoms with Crippen molar-refractivity contribution in [2.45, 2.75) is 71.9 Å². The first-order valence-electron chi connectivity index (χ1n) is 8.82. The Morgan fingerprint density at radius 3 is 2.45 bits per heavy atom. The summed E-state index contributed by atoms with van der Waals surface area (Å²) in [6.07, 6.45) is 4.45. The molecule has 1 saturated heterocycles. The molecule has 1 N–H and O–H groups in total. The Bertz CT molecular complexity index is 352. The monoisotopic (exact) mass is 311 g/mol. The van der Waals surface area contributed by atoms with E-state index in [1.54, 1.807) is 4.90 Å². The topological polar surface area (TPSA) is 52.7 Å². The summed E-state index contributed by atoms with van der Waals surface area (Å²) in [4.78, 5) is 28.3. The van der Waals surface area contributed by atoms with Crippen LogP contribution in [0.1, 0.15) is 59.8 Å². The molecule has 0 unspecified atom stereocenters. The van der Waals surface area contributed by atoms with E-state index in [4.69, 9.17) is 0 Å². The lowest BCUT2D eigenvalue weighted by Gasteiger charge is -2.28. The van der Waals surface area contributed by atoms with Gasteiger partial charge in [0.2, 0.25) is 11.8 Å². The summed E-state index contributed by atoms with van der Waals surface area (Å²) in [6, 6.07) is -0.176. The van der Waals surface area contributed by atoms with Crippen LogP contribution in [-0.4, -0.2) is 59.9 Å². The second-order valence-electron chi connectivity index (χ2n) is 6.44. The van der Waals surface area contributed by atoms with E-state index in [0.29, 0.717) is 19.4 Å². The Hall–Kier alpha value is -1.10. The quantitative estimate of drug-likeness (QED) is 0.628. The lowest BCUT2D eigenvalue weighted by atomic mass is 10.2. The van der Waals surface area contributed by atoms with Crippen LogP contribution in [0.3, 0.4) is 0 Å². The first kappa shape index (κ1) is 18.9. The lowest BCUT2D eigenvalue weighted by Crippen LogP contribution is -2.48. The molecule has 0 spiro atoms. The SMILES string of the molecule is CCCN(CCC)CCCNC(=O)[C@H]1CCC(=O)N1C(C)C. The molecule has 0 aromatic heterocycles. The average molecular weight is 311 g/mol. The van der Waals surface area contributed by atoms with Crippen LogP contribution in [0.4, 0.5) is 0 Å². The molecular formula is C17H33N3O2. The molecule has 0 aromatic rings. The van der Waals surface area contributed by atoms with Gasteiger partial charge in [0, 0.05) is 19.0 Å². The number of nitrogens with zero attached hydrogens (tertiary/aromatic N) is 2. The molecule has 0 aromatic carbocycles.